The summed E-state index contributed by atoms with van der Waals surface area (Å²) < 4.78 is 0. The fourth-order valence-corrected chi connectivity index (χ4v) is 3.00. The van der Waals surface area contributed by atoms with Gasteiger partial charge in [-0.15, -0.1) is 0 Å². The first kappa shape index (κ1) is 28.8. The van der Waals surface area contributed by atoms with Gasteiger partial charge in [-0.3, -0.25) is 14.4 Å². The summed E-state index contributed by atoms with van der Waals surface area (Å²) >= 11 is 0. The smallest absolute Gasteiger partial charge is 0.326 e. The number of carboxylic acids is 1. The molecule has 6 N–H and O–H groups in total. The van der Waals surface area contributed by atoms with E-state index in [0.29, 0.717) is 6.42 Å². The molecule has 31 heavy (non-hydrogen) atoms. The third-order valence-corrected chi connectivity index (χ3v) is 5.83. The molecule has 0 bridgehead atoms. The van der Waals surface area contributed by atoms with Crippen LogP contribution in [0.3, 0.4) is 0 Å². The number of nitrogens with two attached hydrogens (primary N) is 1. The molecule has 0 aliphatic rings. The highest BCUT2D eigenvalue weighted by Gasteiger charge is 2.34. The lowest BCUT2D eigenvalue weighted by Crippen LogP contribution is -2.60. The third-order valence-electron chi connectivity index (χ3n) is 5.83. The van der Waals surface area contributed by atoms with E-state index in [1.165, 1.54) is 0 Å². The summed E-state index contributed by atoms with van der Waals surface area (Å²) in [6.45, 7) is 14.4. The van der Waals surface area contributed by atoms with Crippen molar-refractivity contribution in [2.24, 2.45) is 29.4 Å². The van der Waals surface area contributed by atoms with Gasteiger partial charge in [0.15, 0.2) is 0 Å². The van der Waals surface area contributed by atoms with Crippen molar-refractivity contribution in [3.63, 3.8) is 0 Å². The summed E-state index contributed by atoms with van der Waals surface area (Å²) in [5.74, 6) is -3.46. The minimum absolute atomic E-state index is 0.0428. The van der Waals surface area contributed by atoms with Crippen LogP contribution in [0.1, 0.15) is 68.2 Å². The molecule has 0 radical (unpaired) electrons. The molecule has 0 aromatic carbocycles. The van der Waals surface area contributed by atoms with Crippen molar-refractivity contribution in [3.05, 3.63) is 0 Å². The van der Waals surface area contributed by atoms with Crippen molar-refractivity contribution in [2.45, 2.75) is 92.4 Å². The summed E-state index contributed by atoms with van der Waals surface area (Å²) in [5.41, 5.74) is 6.01. The maximum atomic E-state index is 13.1. The molecule has 0 aromatic rings. The lowest BCUT2D eigenvalue weighted by Gasteiger charge is -2.30. The molecular formula is C22H42N4O5. The first-order valence-corrected chi connectivity index (χ1v) is 11.2. The van der Waals surface area contributed by atoms with Gasteiger partial charge in [-0.05, 0) is 23.7 Å². The molecule has 0 aliphatic heterocycles. The fraction of sp³-hybridized carbons (Fsp3) is 0.818. The Labute approximate surface area is 186 Å². The van der Waals surface area contributed by atoms with Crippen LogP contribution in [-0.4, -0.2) is 53.0 Å². The minimum Gasteiger partial charge on any atom is -0.480 e. The zero-order valence-electron chi connectivity index (χ0n) is 20.2. The molecule has 180 valence electrons. The van der Waals surface area contributed by atoms with Gasteiger partial charge >= 0.3 is 5.97 Å². The van der Waals surface area contributed by atoms with E-state index in [1.807, 2.05) is 27.7 Å². The second-order valence-electron chi connectivity index (χ2n) is 9.08. The number of hydrogen-bond donors (Lipinski definition) is 5. The second-order valence-corrected chi connectivity index (χ2v) is 9.08. The third kappa shape index (κ3) is 8.85. The van der Waals surface area contributed by atoms with Crippen molar-refractivity contribution >= 4 is 23.7 Å². The van der Waals surface area contributed by atoms with Crippen LogP contribution in [0.4, 0.5) is 0 Å². The SMILES string of the molecule is CC[C@H](C)[C@H](N)C(=O)N[C@H](C(=O)N[C@H](C(=O)N[C@H](C(=O)O)C(C)C)C(C)C)[C@@H](C)CC. The van der Waals surface area contributed by atoms with Crippen LogP contribution in [0.25, 0.3) is 0 Å². The van der Waals surface area contributed by atoms with Crippen LogP contribution in [0.5, 0.6) is 0 Å². The van der Waals surface area contributed by atoms with Gasteiger partial charge in [0.05, 0.1) is 6.04 Å². The molecule has 0 unspecified atom stereocenters. The number of carbonyl (C=O) groups is 4. The first-order valence-electron chi connectivity index (χ1n) is 11.2. The molecule has 0 saturated heterocycles. The zero-order chi connectivity index (χ0) is 24.5. The Balaban J connectivity index is 5.51. The summed E-state index contributed by atoms with van der Waals surface area (Å²) in [7, 11) is 0. The van der Waals surface area contributed by atoms with Gasteiger partial charge in [0.1, 0.15) is 18.1 Å². The average Bonchev–Trinajstić information content (AvgIpc) is 2.70. The zero-order valence-corrected chi connectivity index (χ0v) is 20.2. The lowest BCUT2D eigenvalue weighted by atomic mass is 9.94. The molecule has 9 nitrogen and oxygen atoms in total. The van der Waals surface area contributed by atoms with Gasteiger partial charge in [-0.25, -0.2) is 4.79 Å². The lowest BCUT2D eigenvalue weighted by molar-refractivity contribution is -0.144. The Kier molecular flexibility index (Phi) is 12.4. The topological polar surface area (TPSA) is 151 Å². The predicted octanol–water partition coefficient (Wildman–Crippen LogP) is 1.26. The molecule has 0 saturated carbocycles. The van der Waals surface area contributed by atoms with Gasteiger partial charge in [0.25, 0.3) is 0 Å². The summed E-state index contributed by atoms with van der Waals surface area (Å²) in [5, 5.41) is 17.3. The Bertz CT molecular complexity index is 623. The largest absolute Gasteiger partial charge is 0.480 e. The number of rotatable bonds is 13. The molecule has 0 rings (SSSR count). The van der Waals surface area contributed by atoms with Crippen LogP contribution in [0, 0.1) is 23.7 Å². The molecule has 0 heterocycles. The highest BCUT2D eigenvalue weighted by molar-refractivity contribution is 5.94. The Hall–Kier alpha value is -2.16. The fourth-order valence-electron chi connectivity index (χ4n) is 3.00. The molecule has 0 spiro atoms. The van der Waals surface area contributed by atoms with E-state index in [0.717, 1.165) is 6.42 Å². The number of carbonyl (C=O) groups excluding carboxylic acids is 3. The van der Waals surface area contributed by atoms with Crippen molar-refractivity contribution in [1.82, 2.24) is 16.0 Å². The standard InChI is InChI=1S/C22H42N4O5/c1-9-13(7)15(23)19(27)26-18(14(8)10-2)21(29)24-16(11(3)4)20(28)25-17(12(5)6)22(30)31/h11-18H,9-10,23H2,1-8H3,(H,24,29)(H,25,28)(H,26,27)(H,30,31)/t13-,14-,15-,16-,17-,18-/m0/s1. The highest BCUT2D eigenvalue weighted by Crippen LogP contribution is 2.13. The van der Waals surface area contributed by atoms with E-state index in [1.54, 1.807) is 27.7 Å². The first-order chi connectivity index (χ1) is 14.3. The van der Waals surface area contributed by atoms with Crippen molar-refractivity contribution < 1.29 is 24.3 Å². The second kappa shape index (κ2) is 13.3. The van der Waals surface area contributed by atoms with E-state index < -0.39 is 47.9 Å². The van der Waals surface area contributed by atoms with Gasteiger partial charge < -0.3 is 26.8 Å². The van der Waals surface area contributed by atoms with Crippen LogP contribution < -0.4 is 21.7 Å². The van der Waals surface area contributed by atoms with Crippen molar-refractivity contribution in [2.75, 3.05) is 0 Å². The highest BCUT2D eigenvalue weighted by atomic mass is 16.4. The number of hydrogen-bond acceptors (Lipinski definition) is 5. The number of nitrogens with one attached hydrogen (secondary N) is 3. The molecule has 3 amide bonds. The Morgan fingerprint density at radius 2 is 1.06 bits per heavy atom. The summed E-state index contributed by atoms with van der Waals surface area (Å²) in [6, 6.07) is -3.61. The van der Waals surface area contributed by atoms with Crippen LogP contribution >= 0.6 is 0 Å². The number of carboxylic acid groups (broad SMARTS) is 1. The summed E-state index contributed by atoms with van der Waals surface area (Å²) in [6.07, 6.45) is 1.36. The van der Waals surface area contributed by atoms with E-state index in [9.17, 15) is 24.3 Å². The van der Waals surface area contributed by atoms with Crippen LogP contribution in [0.2, 0.25) is 0 Å². The maximum Gasteiger partial charge on any atom is 0.326 e. The molecule has 0 aromatic heterocycles. The van der Waals surface area contributed by atoms with E-state index in [2.05, 4.69) is 16.0 Å². The number of amides is 3. The molecule has 0 fully saturated rings. The van der Waals surface area contributed by atoms with Gasteiger partial charge in [-0.2, -0.15) is 0 Å². The van der Waals surface area contributed by atoms with Gasteiger partial charge in [0, 0.05) is 0 Å². The monoisotopic (exact) mass is 442 g/mol. The molecule has 0 aliphatic carbocycles. The van der Waals surface area contributed by atoms with Crippen molar-refractivity contribution in [3.8, 4) is 0 Å². The van der Waals surface area contributed by atoms with Gasteiger partial charge in [-0.1, -0.05) is 68.2 Å². The summed E-state index contributed by atoms with van der Waals surface area (Å²) in [4.78, 5) is 49.8. The molecule has 6 atom stereocenters. The van der Waals surface area contributed by atoms with E-state index in [4.69, 9.17) is 5.73 Å². The van der Waals surface area contributed by atoms with E-state index in [-0.39, 0.29) is 23.7 Å². The number of aliphatic carboxylic acids is 1. The molecular weight excluding hydrogens is 400 g/mol. The Morgan fingerprint density at radius 3 is 1.45 bits per heavy atom. The minimum atomic E-state index is -1.14. The van der Waals surface area contributed by atoms with Crippen LogP contribution in [0.15, 0.2) is 0 Å². The predicted molar refractivity (Wildman–Crippen MR) is 120 cm³/mol. The quantitative estimate of drug-likeness (QED) is 0.290. The van der Waals surface area contributed by atoms with Crippen LogP contribution in [-0.2, 0) is 19.2 Å². The van der Waals surface area contributed by atoms with E-state index >= 15 is 0 Å². The van der Waals surface area contributed by atoms with Crippen molar-refractivity contribution in [1.29, 1.82) is 0 Å². The average molecular weight is 443 g/mol. The normalized spacial score (nSPS) is 17.3. The molecule has 9 heteroatoms. The maximum absolute atomic E-state index is 13.1. The Morgan fingerprint density at radius 1 is 0.677 bits per heavy atom. The van der Waals surface area contributed by atoms with Gasteiger partial charge in [0.2, 0.25) is 17.7 Å².